The van der Waals surface area contributed by atoms with Crippen LogP contribution in [0.2, 0.25) is 0 Å². The Hall–Kier alpha value is -2.94. The SMILES string of the molecule is CC(C)C1=C2[C@H]3CC[C@@H]4[C@@]5(C)CC[C@H](OC(=O)CC(C)(C)C(=O)O)C(C)(C)[C@@H]5CC[C@@]4(C)[C@]3(C)CC[C@@]2(NC(=O)NC2(c3ccccn3)CC2)CC1=O.Cl. The van der Waals surface area contributed by atoms with Crippen molar-refractivity contribution in [2.75, 3.05) is 0 Å². The van der Waals surface area contributed by atoms with Gasteiger partial charge in [-0.05, 0) is 141 Å². The third-order valence-corrected chi connectivity index (χ3v) is 16.4. The van der Waals surface area contributed by atoms with Crippen molar-refractivity contribution in [3.8, 4) is 0 Å². The highest BCUT2D eigenvalue weighted by molar-refractivity contribution is 6.02. The third-order valence-electron chi connectivity index (χ3n) is 16.4. The van der Waals surface area contributed by atoms with Gasteiger partial charge in [-0.1, -0.05) is 54.5 Å². The number of pyridine rings is 1. The van der Waals surface area contributed by atoms with Crippen molar-refractivity contribution in [3.63, 3.8) is 0 Å². The number of nitrogens with one attached hydrogen (secondary N) is 2. The lowest BCUT2D eigenvalue weighted by Gasteiger charge is -2.72. The van der Waals surface area contributed by atoms with Gasteiger partial charge in [0, 0.05) is 18.0 Å². The number of amides is 2. The molecule has 0 unspecified atom stereocenters. The van der Waals surface area contributed by atoms with Gasteiger partial charge in [0.2, 0.25) is 0 Å². The maximum atomic E-state index is 14.1. The average molecular weight is 766 g/mol. The van der Waals surface area contributed by atoms with Crippen LogP contribution in [0, 0.1) is 50.7 Å². The molecule has 298 valence electrons. The first-order valence-corrected chi connectivity index (χ1v) is 20.4. The molecule has 54 heavy (non-hydrogen) atoms. The highest BCUT2D eigenvalue weighted by Crippen LogP contribution is 2.76. The number of hydrogen-bond acceptors (Lipinski definition) is 6. The number of carbonyl (C=O) groups is 4. The molecule has 0 spiro atoms. The molecule has 9 nitrogen and oxygen atoms in total. The van der Waals surface area contributed by atoms with Crippen LogP contribution in [-0.4, -0.2) is 45.5 Å². The second-order valence-electron chi connectivity index (χ2n) is 20.4. The summed E-state index contributed by atoms with van der Waals surface area (Å²) in [5.74, 6) is -0.129. The first-order valence-electron chi connectivity index (χ1n) is 20.4. The van der Waals surface area contributed by atoms with E-state index in [9.17, 15) is 24.3 Å². The van der Waals surface area contributed by atoms with E-state index < -0.39 is 28.4 Å². The summed E-state index contributed by atoms with van der Waals surface area (Å²) < 4.78 is 6.16. The second kappa shape index (κ2) is 13.3. The average Bonchev–Trinajstić information content (AvgIpc) is 3.78. The zero-order valence-electron chi connectivity index (χ0n) is 34.0. The Bertz CT molecular complexity index is 1740. The lowest BCUT2D eigenvalue weighted by atomic mass is 9.33. The Labute approximate surface area is 328 Å². The number of rotatable bonds is 8. The molecule has 8 atom stereocenters. The van der Waals surface area contributed by atoms with E-state index in [2.05, 4.69) is 64.1 Å². The minimum atomic E-state index is -1.17. The summed E-state index contributed by atoms with van der Waals surface area (Å²) in [6.07, 6.45) is 11.0. The van der Waals surface area contributed by atoms with Crippen LogP contribution in [-0.2, 0) is 24.7 Å². The number of ketones is 1. The number of halogens is 1. The van der Waals surface area contributed by atoms with Gasteiger partial charge in [0.05, 0.1) is 28.6 Å². The quantitative estimate of drug-likeness (QED) is 0.225. The maximum absolute atomic E-state index is 14.1. The second-order valence-corrected chi connectivity index (χ2v) is 20.4. The largest absolute Gasteiger partial charge is 0.481 e. The Morgan fingerprint density at radius 2 is 1.56 bits per heavy atom. The fourth-order valence-corrected chi connectivity index (χ4v) is 13.3. The van der Waals surface area contributed by atoms with Crippen LogP contribution in [0.3, 0.4) is 0 Å². The summed E-state index contributed by atoms with van der Waals surface area (Å²) in [5.41, 5.74) is 0.533. The molecule has 6 aliphatic carbocycles. The summed E-state index contributed by atoms with van der Waals surface area (Å²) in [6, 6.07) is 5.64. The zero-order valence-corrected chi connectivity index (χ0v) is 34.8. The van der Waals surface area contributed by atoms with Crippen LogP contribution in [0.15, 0.2) is 35.5 Å². The van der Waals surface area contributed by atoms with Gasteiger partial charge in [-0.2, -0.15) is 0 Å². The number of ether oxygens (including phenoxy) is 1. The predicted octanol–water partition coefficient (Wildman–Crippen LogP) is 8.94. The number of urea groups is 1. The van der Waals surface area contributed by atoms with Gasteiger partial charge >= 0.3 is 18.0 Å². The third kappa shape index (κ3) is 6.03. The lowest BCUT2D eigenvalue weighted by Crippen LogP contribution is -2.67. The van der Waals surface area contributed by atoms with E-state index in [-0.39, 0.29) is 70.2 Å². The number of carboxylic acid groups (broad SMARTS) is 1. The van der Waals surface area contributed by atoms with Gasteiger partial charge in [-0.3, -0.25) is 19.4 Å². The normalized spacial score (nSPS) is 37.5. The molecule has 10 heteroatoms. The lowest BCUT2D eigenvalue weighted by molar-refractivity contribution is -0.232. The van der Waals surface area contributed by atoms with Gasteiger partial charge in [0.25, 0.3) is 0 Å². The van der Waals surface area contributed by atoms with Gasteiger partial charge in [0.15, 0.2) is 5.78 Å². The number of carbonyl (C=O) groups excluding carboxylic acids is 3. The van der Waals surface area contributed by atoms with Crippen LogP contribution in [0.25, 0.3) is 0 Å². The van der Waals surface area contributed by atoms with Gasteiger partial charge in [-0.15, -0.1) is 12.4 Å². The molecule has 1 aromatic rings. The Morgan fingerprint density at radius 1 is 0.889 bits per heavy atom. The van der Waals surface area contributed by atoms with E-state index in [1.165, 1.54) is 5.57 Å². The molecular weight excluding hydrogens is 702 g/mol. The molecule has 0 bridgehead atoms. The molecule has 5 saturated carbocycles. The Balaban J connectivity index is 0.00000497. The number of Topliss-reactive ketones (excluding diaryl/α,β-unsaturated/α-hetero) is 1. The molecule has 5 fully saturated rings. The molecular formula is C44H64ClN3O6. The molecule has 0 aliphatic heterocycles. The van der Waals surface area contributed by atoms with Crippen molar-refractivity contribution < 1.29 is 29.0 Å². The van der Waals surface area contributed by atoms with Crippen LogP contribution < -0.4 is 10.6 Å². The monoisotopic (exact) mass is 765 g/mol. The minimum absolute atomic E-state index is 0. The molecule has 7 rings (SSSR count). The van der Waals surface area contributed by atoms with E-state index in [1.807, 2.05) is 18.2 Å². The van der Waals surface area contributed by atoms with Gasteiger partial charge < -0.3 is 20.5 Å². The van der Waals surface area contributed by atoms with Crippen molar-refractivity contribution in [2.24, 2.45) is 50.7 Å². The summed E-state index contributed by atoms with van der Waals surface area (Å²) >= 11 is 0. The van der Waals surface area contributed by atoms with Crippen LogP contribution >= 0.6 is 12.4 Å². The summed E-state index contributed by atoms with van der Waals surface area (Å²) in [4.78, 5) is 57.5. The number of allylic oxidation sites excluding steroid dienone is 1. The molecule has 3 N–H and O–H groups in total. The molecule has 6 aliphatic rings. The summed E-state index contributed by atoms with van der Waals surface area (Å²) in [5, 5.41) is 16.4. The summed E-state index contributed by atoms with van der Waals surface area (Å²) in [7, 11) is 0. The number of fused-ring (bicyclic) bond motifs is 7. The number of carboxylic acids is 1. The van der Waals surface area contributed by atoms with E-state index in [0.717, 1.165) is 75.5 Å². The topological polar surface area (TPSA) is 135 Å². The molecule has 2 amide bonds. The summed E-state index contributed by atoms with van der Waals surface area (Å²) in [6.45, 7) is 19.5. The van der Waals surface area contributed by atoms with E-state index in [1.54, 1.807) is 20.0 Å². The fourth-order valence-electron chi connectivity index (χ4n) is 13.3. The van der Waals surface area contributed by atoms with E-state index >= 15 is 0 Å². The van der Waals surface area contributed by atoms with Crippen molar-refractivity contribution in [2.45, 2.75) is 157 Å². The highest BCUT2D eigenvalue weighted by Gasteiger charge is 2.70. The van der Waals surface area contributed by atoms with Crippen molar-refractivity contribution in [3.05, 3.63) is 41.2 Å². The first-order chi connectivity index (χ1) is 24.7. The van der Waals surface area contributed by atoms with E-state index in [4.69, 9.17) is 4.74 Å². The number of hydrogen-bond donors (Lipinski definition) is 3. The number of aliphatic carboxylic acids is 1. The Kier molecular flexibility index (Phi) is 10.1. The molecule has 1 aromatic heterocycles. The minimum Gasteiger partial charge on any atom is -0.481 e. The first kappa shape index (κ1) is 40.7. The van der Waals surface area contributed by atoms with Crippen LogP contribution in [0.1, 0.15) is 145 Å². The smallest absolute Gasteiger partial charge is 0.316 e. The van der Waals surface area contributed by atoms with Crippen molar-refractivity contribution in [1.82, 2.24) is 15.6 Å². The Morgan fingerprint density at radius 3 is 2.17 bits per heavy atom. The maximum Gasteiger partial charge on any atom is 0.316 e. The highest BCUT2D eigenvalue weighted by atomic mass is 35.5. The fraction of sp³-hybridized carbons (Fsp3) is 0.750. The molecule has 0 aromatic carbocycles. The van der Waals surface area contributed by atoms with E-state index in [0.29, 0.717) is 18.3 Å². The molecule has 0 radical (unpaired) electrons. The number of aromatic nitrogens is 1. The van der Waals surface area contributed by atoms with Crippen molar-refractivity contribution >= 4 is 36.2 Å². The van der Waals surface area contributed by atoms with Crippen LogP contribution in [0.4, 0.5) is 4.79 Å². The number of nitrogens with zero attached hydrogens (tertiary/aromatic N) is 1. The van der Waals surface area contributed by atoms with Gasteiger partial charge in [-0.25, -0.2) is 4.79 Å². The van der Waals surface area contributed by atoms with Crippen molar-refractivity contribution in [1.29, 1.82) is 0 Å². The van der Waals surface area contributed by atoms with Gasteiger partial charge in [0.1, 0.15) is 6.10 Å². The molecule has 1 heterocycles. The zero-order chi connectivity index (χ0) is 38.6. The standard InChI is InChI=1S/C44H63N3O6.ClH/c1-26(2)34-28(48)24-44(47-37(52)46-43(21-22-43)31-12-10-11-23-45-31)20-19-41(8)27(35(34)44)13-14-30-40(7)17-16-32(53-33(49)25-38(3,4)36(50)51)39(5,6)29(40)15-18-42(30,41)9;/h10-12,23,26-27,29-30,32H,13-22,24-25H2,1-9H3,(H,50,51)(H2,46,47,52);1H/t27-,29+,30-,32+,40+,41-,42-,44-;/m1./s1. The van der Waals surface area contributed by atoms with Crippen LogP contribution in [0.5, 0.6) is 0 Å². The molecule has 0 saturated heterocycles. The predicted molar refractivity (Wildman–Crippen MR) is 210 cm³/mol. The number of esters is 1.